The third-order valence-corrected chi connectivity index (χ3v) is 25.6. The summed E-state index contributed by atoms with van der Waals surface area (Å²) in [4.78, 5) is 189. The monoisotopic (exact) mass is 1940 g/mol. The number of nitrogens with zero attached hydrogens (tertiary/aromatic N) is 6. The molecule has 4 amide bonds. The zero-order chi connectivity index (χ0) is 101. The SMILES string of the molecule is CC[C@@]1(O)C(=O)OCc2c1cc1n(c2=O)Cc2cc3c(N)cccc3nc2-1.CC[C@@]1(O)C(=O)OCc2c1cc1n(c2=O)Cc2cc3c(NC(=O)CC[C@H](N)C(=O)O)cccc3nc2-1.CC[C@@]1(O)C(=O)OCc2c1cc1n(c2=O)Cc2cc3c(NC(=O)CC[C@H](NC(=O)OCc4ccccc4)C(=O)OCc4ccccc4)cccc3nc2-1.O=C(O)CC[C@H](NC(=O)OCc1ccccc1)C(=O)OCc1ccccc1. The van der Waals surface area contributed by atoms with Crippen LogP contribution in [0.2, 0.25) is 0 Å². The predicted octanol–water partition coefficient (Wildman–Crippen LogP) is 10.6. The Morgan fingerprint density at radius 1 is 0.406 bits per heavy atom. The van der Waals surface area contributed by atoms with Gasteiger partial charge in [-0.3, -0.25) is 33.6 Å². The fourth-order valence-corrected chi connectivity index (χ4v) is 17.6. The number of fused-ring (bicyclic) bond motifs is 15. The van der Waals surface area contributed by atoms with Gasteiger partial charge in [-0.25, -0.2) is 48.5 Å². The normalized spacial score (nSPS) is 16.6. The number of alkyl carbamates (subject to hydrolysis) is 2. The summed E-state index contributed by atoms with van der Waals surface area (Å²) < 4.78 is 41.1. The van der Waals surface area contributed by atoms with E-state index < -0.39 is 94.8 Å². The number of carbonyl (C=O) groups is 11. The van der Waals surface area contributed by atoms with Gasteiger partial charge in [0.1, 0.15) is 64.4 Å². The molecule has 6 aromatic heterocycles. The van der Waals surface area contributed by atoms with Gasteiger partial charge in [-0.05, 0) is 134 Å². The fraction of sp³-hybridized carbons (Fsp3) is 0.267. The third kappa shape index (κ3) is 21.0. The average molecular weight is 1940 g/mol. The highest BCUT2D eigenvalue weighted by Crippen LogP contribution is 2.44. The molecule has 38 heteroatoms. The second-order valence-electron chi connectivity index (χ2n) is 34.7. The van der Waals surface area contributed by atoms with E-state index in [0.717, 1.165) is 44.3 Å². The number of benzene rings is 7. The molecule has 6 aliphatic heterocycles. The van der Waals surface area contributed by atoms with Crippen LogP contribution in [0.15, 0.2) is 227 Å². The Labute approximate surface area is 813 Å². The van der Waals surface area contributed by atoms with E-state index in [0.29, 0.717) is 96.3 Å². The molecule has 38 nitrogen and oxygen atoms in total. The van der Waals surface area contributed by atoms with Crippen molar-refractivity contribution in [1.82, 2.24) is 39.3 Å². The number of nitrogens with two attached hydrogens (primary N) is 2. The maximum absolute atomic E-state index is 13.6. The molecule has 0 fully saturated rings. The summed E-state index contributed by atoms with van der Waals surface area (Å²) in [5, 5.41) is 63.5. The molecule has 0 saturated heterocycles. The van der Waals surface area contributed by atoms with Crippen molar-refractivity contribution in [2.45, 2.75) is 179 Å². The zero-order valence-electron chi connectivity index (χ0n) is 77.5. The molecule has 0 aliphatic carbocycles. The molecule has 19 rings (SSSR count). The van der Waals surface area contributed by atoms with Crippen LogP contribution in [0.5, 0.6) is 0 Å². The molecular formula is C105H98N12O26. The van der Waals surface area contributed by atoms with Crippen molar-refractivity contribution < 1.29 is 111 Å². The van der Waals surface area contributed by atoms with Crippen LogP contribution >= 0.6 is 0 Å². The van der Waals surface area contributed by atoms with Gasteiger partial charge in [0, 0.05) is 74.5 Å². The number of nitrogen functional groups attached to an aromatic ring is 1. The molecule has 143 heavy (non-hydrogen) atoms. The largest absolute Gasteiger partial charge is 0.481 e. The van der Waals surface area contributed by atoms with Crippen LogP contribution in [0, 0.1) is 0 Å². The van der Waals surface area contributed by atoms with Gasteiger partial charge >= 0.3 is 54.0 Å². The Kier molecular flexibility index (Phi) is 29.4. The molecular weight excluding hydrogens is 1850 g/mol. The summed E-state index contributed by atoms with van der Waals surface area (Å²) in [7, 11) is 0. The summed E-state index contributed by atoms with van der Waals surface area (Å²) in [5.41, 5.74) is 18.7. The summed E-state index contributed by atoms with van der Waals surface area (Å²) in [6, 6.07) is 59.4. The maximum Gasteiger partial charge on any atom is 0.408 e. The van der Waals surface area contributed by atoms with Crippen LogP contribution in [0.4, 0.5) is 26.7 Å². The number of pyridine rings is 6. The number of esters is 5. The molecule has 7 aromatic carbocycles. The standard InChI is InChI=1S/C40H36N4O9.C25H24N4O7.C20H17N3O4.C20H21NO6/c1-2-40(50)29-19-33-35-26(20-44(33)36(46)28(29)23-52-38(40)48)18-27-30(14-9-15-31(27)42-35)41-34(45)17-16-32(37(47)51-21-24-10-5-3-6-11-24)43-39(49)53-22-25-12-7-4-8-13-25;1-2-25(35)15-9-19-21-12(10-29(19)22(31)14(15)11-36-24(25)34)8-13-17(4-3-5-18(13)28-21)27-20(30)7-6-16(26)23(32)33;1-2-20(26)13-7-16-17-10(6-11-14(21)4-3-5-15(11)22-17)8-23(16)18(24)12(13)9-27-19(20)25;22-18(23)12-11-17(19(24)26-13-15-7-3-1-4-8-15)21-20(25)27-14-16-9-5-2-6-10-16/h3-15,18-19,32,50H,2,16-17,20-23H2,1H3,(H,41,45)(H,43,49);3-5,8-9,16,35H,2,6-7,10-11,26H2,1H3,(H,27,30)(H,32,33);3-7,26H,2,8-9,21H2,1H3;1-10,17H,11-14H2,(H,21,25)(H,22,23)/t32-,40-;16-,25-;20-;17-/m0000/s1. The topological polar surface area (TPSA) is 558 Å². The minimum absolute atomic E-state index is 0.00119. The highest BCUT2D eigenvalue weighted by Gasteiger charge is 2.49. The Morgan fingerprint density at radius 3 is 1.06 bits per heavy atom. The van der Waals surface area contributed by atoms with E-state index in [1.165, 1.54) is 9.13 Å². The van der Waals surface area contributed by atoms with Crippen LogP contribution in [0.3, 0.4) is 0 Å². The zero-order valence-corrected chi connectivity index (χ0v) is 77.5. The number of carboxylic acid groups (broad SMARTS) is 2. The molecule has 0 spiro atoms. The van der Waals surface area contributed by atoms with Gasteiger partial charge in [-0.15, -0.1) is 0 Å². The number of ether oxygens (including phenoxy) is 7. The molecule has 12 heterocycles. The first-order valence-corrected chi connectivity index (χ1v) is 46.0. The van der Waals surface area contributed by atoms with E-state index in [2.05, 4.69) is 21.3 Å². The van der Waals surface area contributed by atoms with Crippen LogP contribution in [0.1, 0.15) is 151 Å². The first kappa shape index (κ1) is 99.1. The van der Waals surface area contributed by atoms with E-state index in [-0.39, 0.29) is 162 Å². The van der Waals surface area contributed by atoms with Gasteiger partial charge < -0.3 is 105 Å². The number of anilines is 3. The molecule has 13 aromatic rings. The van der Waals surface area contributed by atoms with Crippen molar-refractivity contribution >= 4 is 116 Å². The smallest absolute Gasteiger partial charge is 0.408 e. The summed E-state index contributed by atoms with van der Waals surface area (Å²) in [5.74, 6) is -6.77. The second-order valence-corrected chi connectivity index (χ2v) is 34.7. The van der Waals surface area contributed by atoms with Gasteiger partial charge in [-0.2, -0.15) is 0 Å². The summed E-state index contributed by atoms with van der Waals surface area (Å²) >= 11 is 0. The van der Waals surface area contributed by atoms with Crippen LogP contribution in [-0.4, -0.2) is 138 Å². The summed E-state index contributed by atoms with van der Waals surface area (Å²) in [6.07, 6.45) is -2.09. The number of aliphatic carboxylic acids is 2. The van der Waals surface area contributed by atoms with Crippen molar-refractivity contribution in [3.8, 4) is 34.2 Å². The van der Waals surface area contributed by atoms with Gasteiger partial charge in [0.05, 0.1) is 98.4 Å². The lowest BCUT2D eigenvalue weighted by molar-refractivity contribution is -0.172. The summed E-state index contributed by atoms with van der Waals surface area (Å²) in [6.45, 7) is 5.25. The Balaban J connectivity index is 0.000000143. The van der Waals surface area contributed by atoms with E-state index in [1.807, 2.05) is 109 Å². The van der Waals surface area contributed by atoms with Crippen LogP contribution in [-0.2, 0) is 159 Å². The lowest BCUT2D eigenvalue weighted by Gasteiger charge is -2.31. The minimum atomic E-state index is -1.94. The molecule has 734 valence electrons. The maximum atomic E-state index is 13.6. The number of carboxylic acids is 2. The minimum Gasteiger partial charge on any atom is -0.481 e. The van der Waals surface area contributed by atoms with Gasteiger partial charge in [-0.1, -0.05) is 160 Å². The molecule has 0 unspecified atom stereocenters. The Bertz CT molecular complexity index is 7450. The quantitative estimate of drug-likeness (QED) is 0.0129. The van der Waals surface area contributed by atoms with Crippen molar-refractivity contribution in [3.05, 3.63) is 316 Å². The lowest BCUT2D eigenvalue weighted by Crippen LogP contribution is -2.44. The number of aromatic nitrogens is 6. The van der Waals surface area contributed by atoms with E-state index in [1.54, 1.807) is 128 Å². The van der Waals surface area contributed by atoms with E-state index >= 15 is 0 Å². The molecule has 6 aliphatic rings. The first-order valence-electron chi connectivity index (χ1n) is 46.0. The van der Waals surface area contributed by atoms with Crippen LogP contribution < -0.4 is 49.4 Å². The van der Waals surface area contributed by atoms with Gasteiger partial charge in [0.2, 0.25) is 11.8 Å². The number of hydrogen-bond donors (Lipinski definition) is 11. The van der Waals surface area contributed by atoms with Gasteiger partial charge in [0.25, 0.3) is 16.7 Å². The molecule has 0 radical (unpaired) electrons. The fourth-order valence-electron chi connectivity index (χ4n) is 17.6. The Hall–Kier alpha value is -17.0. The van der Waals surface area contributed by atoms with Crippen molar-refractivity contribution in [3.63, 3.8) is 0 Å². The third-order valence-electron chi connectivity index (χ3n) is 25.6. The molecule has 6 atom stereocenters. The van der Waals surface area contributed by atoms with Crippen LogP contribution in [0.25, 0.3) is 66.9 Å². The van der Waals surface area contributed by atoms with Gasteiger partial charge in [0.15, 0.2) is 16.8 Å². The van der Waals surface area contributed by atoms with Crippen molar-refractivity contribution in [1.29, 1.82) is 0 Å². The number of aliphatic hydroxyl groups is 3. The molecule has 0 saturated carbocycles. The average Bonchev–Trinajstić information content (AvgIpc) is 1.61. The number of nitrogens with one attached hydrogen (secondary N) is 4. The highest BCUT2D eigenvalue weighted by atomic mass is 16.6. The van der Waals surface area contributed by atoms with E-state index in [4.69, 9.17) is 69.8 Å². The number of carbonyl (C=O) groups excluding carboxylic acids is 9. The number of hydrogen-bond acceptors (Lipinski definition) is 29. The number of rotatable bonds is 27. The number of cyclic esters (lactones) is 3. The predicted molar refractivity (Wildman–Crippen MR) is 516 cm³/mol. The van der Waals surface area contributed by atoms with E-state index in [9.17, 15) is 82.4 Å². The molecule has 13 N–H and O–H groups in total. The first-order chi connectivity index (χ1) is 68.8. The Morgan fingerprint density at radius 2 is 0.720 bits per heavy atom. The second kappa shape index (κ2) is 42.4. The lowest BCUT2D eigenvalue weighted by atomic mass is 9.86. The highest BCUT2D eigenvalue weighted by molar-refractivity contribution is 6.04. The number of amides is 4. The van der Waals surface area contributed by atoms with Crippen molar-refractivity contribution in [2.75, 3.05) is 16.4 Å². The molecule has 0 bridgehead atoms. The van der Waals surface area contributed by atoms with Crippen molar-refractivity contribution in [2.24, 2.45) is 5.73 Å².